The zero-order valence-electron chi connectivity index (χ0n) is 13.1. The summed E-state index contributed by atoms with van der Waals surface area (Å²) in [4.78, 5) is 23.0. The van der Waals surface area contributed by atoms with E-state index in [1.165, 1.54) is 32.0 Å². The number of rotatable bonds is 4. The number of hydrogen-bond donors (Lipinski definition) is 0. The summed E-state index contributed by atoms with van der Waals surface area (Å²) in [6.45, 7) is 9.66. The molecule has 2 rings (SSSR count). The molecule has 0 aliphatic rings. The Bertz CT molecular complexity index is 884. The van der Waals surface area contributed by atoms with Crippen molar-refractivity contribution in [2.75, 3.05) is 0 Å². The predicted molar refractivity (Wildman–Crippen MR) is 84.8 cm³/mol. The third kappa shape index (κ3) is 3.48. The zero-order valence-corrected chi connectivity index (χ0v) is 13.1. The van der Waals surface area contributed by atoms with Gasteiger partial charge in [-0.2, -0.15) is 0 Å². The molecule has 0 radical (unpaired) electrons. The fourth-order valence-corrected chi connectivity index (χ4v) is 1.85. The maximum absolute atomic E-state index is 14.4. The number of fused-ring (bicyclic) bond motifs is 1. The Morgan fingerprint density at radius 3 is 2.12 bits per heavy atom. The average Bonchev–Trinajstić information content (AvgIpc) is 2.49. The first-order chi connectivity index (χ1) is 11.2. The van der Waals surface area contributed by atoms with Crippen molar-refractivity contribution in [3.05, 3.63) is 60.2 Å². The third-order valence-corrected chi connectivity index (χ3v) is 3.05. The first kappa shape index (κ1) is 17.3. The molecular weight excluding hydrogens is 318 g/mol. The van der Waals surface area contributed by atoms with E-state index in [0.29, 0.717) is 0 Å². The summed E-state index contributed by atoms with van der Waals surface area (Å²) in [5, 5.41) is -0.232. The van der Waals surface area contributed by atoms with Crippen LogP contribution < -0.4 is 9.47 Å². The molecule has 2 aromatic rings. The highest BCUT2D eigenvalue weighted by Gasteiger charge is 2.18. The lowest BCUT2D eigenvalue weighted by atomic mass is 10.1. The minimum Gasteiger partial charge on any atom is -0.423 e. The number of hydrogen-bond acceptors (Lipinski definition) is 4. The molecule has 0 atom stereocenters. The second kappa shape index (κ2) is 6.62. The lowest BCUT2D eigenvalue weighted by Gasteiger charge is -2.10. The summed E-state index contributed by atoms with van der Waals surface area (Å²) in [7, 11) is 0. The minimum absolute atomic E-state index is 0.0806. The highest BCUT2D eigenvalue weighted by Crippen LogP contribution is 2.32. The predicted octanol–water partition coefficient (Wildman–Crippen LogP) is 4.08. The van der Waals surface area contributed by atoms with Crippen molar-refractivity contribution in [1.29, 1.82) is 0 Å². The van der Waals surface area contributed by atoms with E-state index >= 15 is 0 Å². The molecule has 0 heterocycles. The molecule has 0 fully saturated rings. The SMILES string of the molecule is C=C(C)C(=O)Oc1cc(F)c2c(F)c(OC(=O)C(=C)C)ccc2c1. The topological polar surface area (TPSA) is 52.6 Å². The van der Waals surface area contributed by atoms with Gasteiger partial charge >= 0.3 is 11.9 Å². The Morgan fingerprint density at radius 1 is 0.958 bits per heavy atom. The van der Waals surface area contributed by atoms with E-state index in [-0.39, 0.29) is 27.7 Å². The van der Waals surface area contributed by atoms with Gasteiger partial charge in [0.05, 0.1) is 5.39 Å². The lowest BCUT2D eigenvalue weighted by Crippen LogP contribution is -2.10. The van der Waals surface area contributed by atoms with Crippen molar-refractivity contribution in [2.24, 2.45) is 0 Å². The van der Waals surface area contributed by atoms with Crippen molar-refractivity contribution in [3.8, 4) is 11.5 Å². The van der Waals surface area contributed by atoms with E-state index in [1.807, 2.05) is 0 Å². The second-order valence-electron chi connectivity index (χ2n) is 5.22. The van der Waals surface area contributed by atoms with Gasteiger partial charge in [0.1, 0.15) is 11.6 Å². The van der Waals surface area contributed by atoms with Gasteiger partial charge in [-0.15, -0.1) is 0 Å². The molecule has 24 heavy (non-hydrogen) atoms. The van der Waals surface area contributed by atoms with Crippen LogP contribution in [0.4, 0.5) is 8.78 Å². The molecule has 0 unspecified atom stereocenters. The van der Waals surface area contributed by atoms with Crippen molar-refractivity contribution in [3.63, 3.8) is 0 Å². The highest BCUT2D eigenvalue weighted by atomic mass is 19.1. The standard InChI is InChI=1S/C18H14F2O4/c1-9(2)17(21)23-12-7-11-5-6-14(24-18(22)10(3)4)16(20)15(11)13(19)8-12/h5-8H,1,3H2,2,4H3. The molecule has 0 N–H and O–H groups in total. The molecule has 4 nitrogen and oxygen atoms in total. The summed E-state index contributed by atoms with van der Waals surface area (Å²) >= 11 is 0. The summed E-state index contributed by atoms with van der Waals surface area (Å²) in [6.07, 6.45) is 0. The summed E-state index contributed by atoms with van der Waals surface area (Å²) in [5.74, 6) is -4.03. The van der Waals surface area contributed by atoms with Crippen molar-refractivity contribution < 1.29 is 27.8 Å². The maximum atomic E-state index is 14.4. The molecule has 0 saturated carbocycles. The molecule has 0 aromatic heterocycles. The number of benzene rings is 2. The first-order valence-corrected chi connectivity index (χ1v) is 6.88. The van der Waals surface area contributed by atoms with Crippen LogP contribution in [0.1, 0.15) is 13.8 Å². The van der Waals surface area contributed by atoms with Crippen LogP contribution in [-0.4, -0.2) is 11.9 Å². The summed E-state index contributed by atoms with van der Waals surface area (Å²) < 4.78 is 38.4. The second-order valence-corrected chi connectivity index (χ2v) is 5.22. The maximum Gasteiger partial charge on any atom is 0.338 e. The van der Waals surface area contributed by atoms with E-state index in [9.17, 15) is 18.4 Å². The normalized spacial score (nSPS) is 10.3. The van der Waals surface area contributed by atoms with Gasteiger partial charge in [0.25, 0.3) is 0 Å². The van der Waals surface area contributed by atoms with Crippen LogP contribution >= 0.6 is 0 Å². The van der Waals surface area contributed by atoms with Crippen LogP contribution in [0.3, 0.4) is 0 Å². The number of carbonyl (C=O) groups excluding carboxylic acids is 2. The van der Waals surface area contributed by atoms with Gasteiger partial charge in [0, 0.05) is 17.2 Å². The van der Waals surface area contributed by atoms with Gasteiger partial charge in [-0.25, -0.2) is 18.4 Å². The van der Waals surface area contributed by atoms with Crippen LogP contribution in [-0.2, 0) is 9.59 Å². The zero-order chi connectivity index (χ0) is 18.0. The molecule has 0 bridgehead atoms. The van der Waals surface area contributed by atoms with Crippen molar-refractivity contribution >= 4 is 22.7 Å². The quantitative estimate of drug-likeness (QED) is 0.481. The molecule has 0 amide bonds. The monoisotopic (exact) mass is 332 g/mol. The Labute approximate surface area is 137 Å². The number of esters is 2. The van der Waals surface area contributed by atoms with E-state index in [1.54, 1.807) is 0 Å². The highest BCUT2D eigenvalue weighted by molar-refractivity contribution is 5.92. The van der Waals surface area contributed by atoms with E-state index in [2.05, 4.69) is 13.2 Å². The number of ether oxygens (including phenoxy) is 2. The smallest absolute Gasteiger partial charge is 0.338 e. The molecule has 2 aromatic carbocycles. The molecule has 124 valence electrons. The molecule has 0 spiro atoms. The van der Waals surface area contributed by atoms with Crippen LogP contribution in [0.2, 0.25) is 0 Å². The minimum atomic E-state index is -1.03. The first-order valence-electron chi connectivity index (χ1n) is 6.88. The fraction of sp³-hybridized carbons (Fsp3) is 0.111. The Kier molecular flexibility index (Phi) is 4.78. The van der Waals surface area contributed by atoms with Crippen LogP contribution in [0, 0.1) is 11.6 Å². The summed E-state index contributed by atoms with van der Waals surface area (Å²) in [6, 6.07) is 4.70. The van der Waals surface area contributed by atoms with Gasteiger partial charge in [0.2, 0.25) is 0 Å². The van der Waals surface area contributed by atoms with Crippen LogP contribution in [0.25, 0.3) is 10.8 Å². The van der Waals surface area contributed by atoms with Crippen LogP contribution in [0.5, 0.6) is 11.5 Å². The van der Waals surface area contributed by atoms with Gasteiger partial charge in [-0.3, -0.25) is 0 Å². The van der Waals surface area contributed by atoms with Gasteiger partial charge in [0.15, 0.2) is 11.6 Å². The lowest BCUT2D eigenvalue weighted by molar-refractivity contribution is -0.131. The molecule has 0 aliphatic heterocycles. The Morgan fingerprint density at radius 2 is 1.54 bits per heavy atom. The van der Waals surface area contributed by atoms with E-state index in [0.717, 1.165) is 6.07 Å². The van der Waals surface area contributed by atoms with Crippen LogP contribution in [0.15, 0.2) is 48.6 Å². The Balaban J connectivity index is 2.47. The van der Waals surface area contributed by atoms with E-state index < -0.39 is 29.3 Å². The number of carbonyl (C=O) groups is 2. The molecule has 0 saturated heterocycles. The average molecular weight is 332 g/mol. The largest absolute Gasteiger partial charge is 0.423 e. The van der Waals surface area contributed by atoms with Gasteiger partial charge < -0.3 is 9.47 Å². The fourth-order valence-electron chi connectivity index (χ4n) is 1.85. The van der Waals surface area contributed by atoms with Gasteiger partial charge in [-0.05, 0) is 31.4 Å². The molecular formula is C18H14F2O4. The Hall–Kier alpha value is -3.02. The van der Waals surface area contributed by atoms with Crippen molar-refractivity contribution in [2.45, 2.75) is 13.8 Å². The molecule has 6 heteroatoms. The third-order valence-electron chi connectivity index (χ3n) is 3.05. The van der Waals surface area contributed by atoms with Gasteiger partial charge in [-0.1, -0.05) is 19.2 Å². The van der Waals surface area contributed by atoms with Crippen molar-refractivity contribution in [1.82, 2.24) is 0 Å². The summed E-state index contributed by atoms with van der Waals surface area (Å²) in [5.41, 5.74) is 0.223. The van der Waals surface area contributed by atoms with E-state index in [4.69, 9.17) is 9.47 Å². The molecule has 0 aliphatic carbocycles. The number of halogens is 2.